The van der Waals surface area contributed by atoms with Crippen LogP contribution in [0.5, 0.6) is 0 Å². The maximum absolute atomic E-state index is 8.39. The molecule has 0 rings (SSSR count). The molecular weight excluding hydrogens is 948 g/mol. The third-order valence-electron chi connectivity index (χ3n) is 13.3. The van der Waals surface area contributed by atoms with E-state index in [2.05, 4.69) is 104 Å². The van der Waals surface area contributed by atoms with E-state index in [1.165, 1.54) is 246 Å². The van der Waals surface area contributed by atoms with Gasteiger partial charge in [0.15, 0.2) is 0 Å². The Morgan fingerprint density at radius 1 is 0.246 bits per heavy atom. The summed E-state index contributed by atoms with van der Waals surface area (Å²) in [6, 6.07) is 0. The summed E-state index contributed by atoms with van der Waals surface area (Å²) in [5.41, 5.74) is 0. The van der Waals surface area contributed by atoms with Crippen molar-refractivity contribution in [2.75, 3.05) is 113 Å². The van der Waals surface area contributed by atoms with Crippen molar-refractivity contribution in [1.82, 2.24) is 0 Å². The second-order valence-corrected chi connectivity index (χ2v) is 19.5. The lowest BCUT2D eigenvalue weighted by atomic mass is 10.1. The number of rotatable bonds is 38. The largest absolute Gasteiger partial charge is 0.391 e. The zero-order chi connectivity index (χ0) is 44.9. The molecule has 0 amide bonds. The van der Waals surface area contributed by atoms with Crippen molar-refractivity contribution in [2.45, 2.75) is 237 Å². The first-order chi connectivity index (χ1) is 27.8. The number of nitrogens with zero attached hydrogens (tertiary/aromatic N) is 4. The van der Waals surface area contributed by atoms with Crippen LogP contribution in [0, 0.1) is 0 Å². The highest BCUT2D eigenvalue weighted by Gasteiger charge is 2.26. The molecule has 5 nitrogen and oxygen atoms in total. The zero-order valence-electron chi connectivity index (χ0n) is 45.3. The van der Waals surface area contributed by atoms with Crippen molar-refractivity contribution in [3.63, 3.8) is 0 Å². The molecule has 0 fully saturated rings. The third kappa shape index (κ3) is 50.5. The van der Waals surface area contributed by atoms with Gasteiger partial charge in [0, 0.05) is 0 Å². The third-order valence-corrected chi connectivity index (χ3v) is 13.3. The Hall–Kier alpha value is 1.24. The fourth-order valence-corrected chi connectivity index (χ4v) is 8.45. The molecule has 1 N–H and O–H groups in total. The standard InChI is InChI=1S/C24H52N.C16H36N.C8H20N.C5H14NO.3BrH/c1-5-9-13-17-21-25(22-18-14-10-6-2,23-19-15-11-7-3)24-20-16-12-8-4;1-5-9-13-17(14-10-6-2,15-11-7-3)16-12-8-4;1-5-9(6-2,7-3)8-4;1-6(2,3)4-5-7;;;/h5-24H2,1-4H3;5-16H2,1-4H3;5-8H2,1-4H3;7H,4-5H2,1-3H3;3*1H/q4*+1;;;. The van der Waals surface area contributed by atoms with E-state index in [9.17, 15) is 0 Å². The Morgan fingerprint density at radius 2 is 0.443 bits per heavy atom. The predicted octanol–water partition coefficient (Wildman–Crippen LogP) is 16.4. The van der Waals surface area contributed by atoms with E-state index in [1.54, 1.807) is 0 Å². The molecule has 0 aliphatic carbocycles. The number of aliphatic hydroxyl groups is 1. The molecule has 0 aliphatic rings. The SMILES string of the molecule is Br.Br.Br.CCCCCC[N+](CCCCCC)(CCCCCC)CCCCCC.CCCC[N+](CCCC)(CCCC)CCCC.CC[N+](CC)(CC)CC.C[N+](C)(C)CCO. The topological polar surface area (TPSA) is 20.2 Å². The molecule has 0 aromatic heterocycles. The minimum atomic E-state index is 0. The highest BCUT2D eigenvalue weighted by Crippen LogP contribution is 2.20. The Bertz CT molecular complexity index is 656. The quantitative estimate of drug-likeness (QED) is 0.0483. The van der Waals surface area contributed by atoms with Crippen LogP contribution in [0.2, 0.25) is 0 Å². The van der Waals surface area contributed by atoms with Gasteiger partial charge in [-0.3, -0.25) is 0 Å². The van der Waals surface area contributed by atoms with Crippen LogP contribution < -0.4 is 0 Å². The highest BCUT2D eigenvalue weighted by molar-refractivity contribution is 8.93. The molecule has 0 saturated carbocycles. The van der Waals surface area contributed by atoms with Gasteiger partial charge in [-0.2, -0.15) is 0 Å². The van der Waals surface area contributed by atoms with Crippen LogP contribution in [0.25, 0.3) is 0 Å². The number of aliphatic hydroxyl groups excluding tert-OH is 1. The number of halogens is 3. The van der Waals surface area contributed by atoms with Gasteiger partial charge < -0.3 is 23.0 Å². The van der Waals surface area contributed by atoms with Gasteiger partial charge in [0.05, 0.1) is 106 Å². The van der Waals surface area contributed by atoms with Crippen LogP contribution in [-0.2, 0) is 0 Å². The van der Waals surface area contributed by atoms with E-state index in [1.807, 2.05) is 0 Å². The highest BCUT2D eigenvalue weighted by atomic mass is 79.9. The lowest BCUT2D eigenvalue weighted by Crippen LogP contribution is -2.50. The van der Waals surface area contributed by atoms with Gasteiger partial charge >= 0.3 is 0 Å². The molecule has 0 spiro atoms. The summed E-state index contributed by atoms with van der Waals surface area (Å²) >= 11 is 0. The van der Waals surface area contributed by atoms with Crippen molar-refractivity contribution >= 4 is 50.9 Å². The van der Waals surface area contributed by atoms with E-state index in [0.717, 1.165) is 11.0 Å². The van der Waals surface area contributed by atoms with E-state index in [-0.39, 0.29) is 57.6 Å². The molecule has 0 aromatic carbocycles. The number of unbranched alkanes of at least 4 members (excludes halogenated alkanes) is 16. The molecule has 0 unspecified atom stereocenters. The molecular formula is C53H125Br3N4O+4. The average Bonchev–Trinajstić information content (AvgIpc) is 3.22. The van der Waals surface area contributed by atoms with Gasteiger partial charge in [-0.05, 0) is 105 Å². The smallest absolute Gasteiger partial charge is 0.101 e. The number of hydrogen-bond acceptors (Lipinski definition) is 1. The van der Waals surface area contributed by atoms with E-state index in [0.29, 0.717) is 0 Å². The Kier molecular flexibility index (Phi) is 69.7. The van der Waals surface area contributed by atoms with Gasteiger partial charge in [-0.15, -0.1) is 50.9 Å². The van der Waals surface area contributed by atoms with Crippen LogP contribution in [0.1, 0.15) is 237 Å². The Morgan fingerprint density at radius 3 is 0.557 bits per heavy atom. The minimum absolute atomic E-state index is 0. The maximum Gasteiger partial charge on any atom is 0.101 e. The normalized spacial score (nSPS) is 11.4. The molecule has 380 valence electrons. The Balaban J connectivity index is -0.000000140. The van der Waals surface area contributed by atoms with Gasteiger partial charge in [-0.1, -0.05) is 132 Å². The van der Waals surface area contributed by atoms with E-state index < -0.39 is 0 Å². The van der Waals surface area contributed by atoms with Gasteiger partial charge in [0.2, 0.25) is 0 Å². The number of quaternary nitrogens is 4. The van der Waals surface area contributed by atoms with Crippen molar-refractivity contribution < 1.29 is 23.0 Å². The molecule has 0 atom stereocenters. The first-order valence-electron chi connectivity index (χ1n) is 26.8. The number of hydrogen-bond donors (Lipinski definition) is 1. The summed E-state index contributed by atoms with van der Waals surface area (Å²) < 4.78 is 5.00. The Labute approximate surface area is 421 Å². The monoisotopic (exact) mass is 1070 g/mol. The van der Waals surface area contributed by atoms with Gasteiger partial charge in [0.25, 0.3) is 0 Å². The molecule has 0 heterocycles. The zero-order valence-corrected chi connectivity index (χ0v) is 50.5. The van der Waals surface area contributed by atoms with Crippen LogP contribution in [0.15, 0.2) is 0 Å². The lowest BCUT2D eigenvalue weighted by molar-refractivity contribution is -0.929. The van der Waals surface area contributed by atoms with Crippen LogP contribution >= 0.6 is 50.9 Å². The molecule has 0 aromatic rings. The fourth-order valence-electron chi connectivity index (χ4n) is 8.45. The predicted molar refractivity (Wildman–Crippen MR) is 299 cm³/mol. The van der Waals surface area contributed by atoms with Crippen molar-refractivity contribution in [3.05, 3.63) is 0 Å². The summed E-state index contributed by atoms with van der Waals surface area (Å²) in [7, 11) is 6.16. The summed E-state index contributed by atoms with van der Waals surface area (Å²) in [6.45, 7) is 45.5. The second kappa shape index (κ2) is 55.6. The summed E-state index contributed by atoms with van der Waals surface area (Å²) in [5, 5.41) is 8.39. The van der Waals surface area contributed by atoms with E-state index in [4.69, 9.17) is 5.11 Å². The van der Waals surface area contributed by atoms with E-state index >= 15 is 0 Å². The molecule has 8 heteroatoms. The van der Waals surface area contributed by atoms with Crippen molar-refractivity contribution in [1.29, 1.82) is 0 Å². The average molecular weight is 1070 g/mol. The lowest BCUT2D eigenvalue weighted by Gasteiger charge is -2.39. The summed E-state index contributed by atoms with van der Waals surface area (Å²) in [6.07, 6.45) is 33.9. The fraction of sp³-hybridized carbons (Fsp3) is 1.00. The second-order valence-electron chi connectivity index (χ2n) is 19.5. The van der Waals surface area contributed by atoms with Crippen molar-refractivity contribution in [2.24, 2.45) is 0 Å². The maximum atomic E-state index is 8.39. The number of likely N-dealkylation sites (N-methyl/N-ethyl adjacent to an activating group) is 1. The van der Waals surface area contributed by atoms with Crippen LogP contribution in [-0.4, -0.2) is 136 Å². The minimum Gasteiger partial charge on any atom is -0.391 e. The molecule has 61 heavy (non-hydrogen) atoms. The molecule has 0 radical (unpaired) electrons. The summed E-state index contributed by atoms with van der Waals surface area (Å²) in [4.78, 5) is 0. The van der Waals surface area contributed by atoms with Gasteiger partial charge in [-0.25, -0.2) is 0 Å². The molecule has 0 aliphatic heterocycles. The summed E-state index contributed by atoms with van der Waals surface area (Å²) in [5.74, 6) is 0. The van der Waals surface area contributed by atoms with Crippen molar-refractivity contribution in [3.8, 4) is 0 Å². The first-order valence-corrected chi connectivity index (χ1v) is 26.8. The van der Waals surface area contributed by atoms with Gasteiger partial charge in [0.1, 0.15) is 6.54 Å². The van der Waals surface area contributed by atoms with Crippen LogP contribution in [0.4, 0.5) is 0 Å². The molecule has 0 bridgehead atoms. The first kappa shape index (κ1) is 76.5. The molecule has 0 saturated heterocycles. The van der Waals surface area contributed by atoms with Crippen LogP contribution in [0.3, 0.4) is 0 Å².